The zero-order valence-corrected chi connectivity index (χ0v) is 13.9. The summed E-state index contributed by atoms with van der Waals surface area (Å²) < 4.78 is 5.22. The van der Waals surface area contributed by atoms with Crippen molar-refractivity contribution in [1.82, 2.24) is 15.0 Å². The van der Waals surface area contributed by atoms with E-state index in [9.17, 15) is 0 Å². The first-order valence-electron chi connectivity index (χ1n) is 7.60. The SMILES string of the molecule is COc1cccc(Nc2nc(C)nc(Nc3cccc(C)c3)n2)c1. The Labute approximate surface area is 141 Å². The van der Waals surface area contributed by atoms with Gasteiger partial charge in [-0.3, -0.25) is 0 Å². The lowest BCUT2D eigenvalue weighted by molar-refractivity contribution is 0.415. The van der Waals surface area contributed by atoms with E-state index in [1.165, 1.54) is 5.56 Å². The van der Waals surface area contributed by atoms with E-state index in [1.54, 1.807) is 7.11 Å². The van der Waals surface area contributed by atoms with Gasteiger partial charge >= 0.3 is 0 Å². The summed E-state index contributed by atoms with van der Waals surface area (Å²) in [6, 6.07) is 15.6. The molecule has 0 aliphatic rings. The van der Waals surface area contributed by atoms with Crippen LogP contribution in [0.3, 0.4) is 0 Å². The van der Waals surface area contributed by atoms with E-state index in [0.717, 1.165) is 17.1 Å². The highest BCUT2D eigenvalue weighted by Crippen LogP contribution is 2.21. The predicted octanol–water partition coefficient (Wildman–Crippen LogP) is 3.98. The predicted molar refractivity (Wildman–Crippen MR) is 95.3 cm³/mol. The second-order valence-electron chi connectivity index (χ2n) is 5.38. The van der Waals surface area contributed by atoms with Gasteiger partial charge in [0, 0.05) is 17.4 Å². The van der Waals surface area contributed by atoms with Crippen molar-refractivity contribution in [2.45, 2.75) is 13.8 Å². The zero-order valence-electron chi connectivity index (χ0n) is 13.9. The fourth-order valence-corrected chi connectivity index (χ4v) is 2.28. The molecule has 0 amide bonds. The van der Waals surface area contributed by atoms with Crippen LogP contribution in [0.1, 0.15) is 11.4 Å². The second kappa shape index (κ2) is 6.95. The normalized spacial score (nSPS) is 10.3. The summed E-state index contributed by atoms with van der Waals surface area (Å²) in [5.41, 5.74) is 2.95. The van der Waals surface area contributed by atoms with Gasteiger partial charge < -0.3 is 15.4 Å². The smallest absolute Gasteiger partial charge is 0.232 e. The van der Waals surface area contributed by atoms with Crippen LogP contribution in [0.15, 0.2) is 48.5 Å². The number of methoxy groups -OCH3 is 1. The van der Waals surface area contributed by atoms with Gasteiger partial charge in [0.2, 0.25) is 11.9 Å². The van der Waals surface area contributed by atoms with Crippen molar-refractivity contribution in [3.63, 3.8) is 0 Å². The molecule has 0 fully saturated rings. The molecular formula is C18H19N5O. The van der Waals surface area contributed by atoms with Crippen molar-refractivity contribution in [3.05, 3.63) is 59.9 Å². The summed E-state index contributed by atoms with van der Waals surface area (Å²) in [6.45, 7) is 3.87. The van der Waals surface area contributed by atoms with E-state index in [4.69, 9.17) is 4.74 Å². The third kappa shape index (κ3) is 3.98. The van der Waals surface area contributed by atoms with E-state index in [1.807, 2.05) is 62.4 Å². The fourth-order valence-electron chi connectivity index (χ4n) is 2.28. The molecule has 24 heavy (non-hydrogen) atoms. The Balaban J connectivity index is 1.83. The number of benzene rings is 2. The number of rotatable bonds is 5. The summed E-state index contributed by atoms with van der Waals surface area (Å²) in [7, 11) is 1.63. The molecule has 1 heterocycles. The van der Waals surface area contributed by atoms with Crippen LogP contribution in [-0.4, -0.2) is 22.1 Å². The quantitative estimate of drug-likeness (QED) is 0.740. The molecule has 122 valence electrons. The molecule has 6 heteroatoms. The first kappa shape index (κ1) is 15.7. The largest absolute Gasteiger partial charge is 0.497 e. The molecule has 0 aliphatic carbocycles. The Bertz CT molecular complexity index is 850. The summed E-state index contributed by atoms with van der Waals surface area (Å²) in [4.78, 5) is 13.1. The summed E-state index contributed by atoms with van der Waals surface area (Å²) in [6.07, 6.45) is 0. The molecule has 0 spiro atoms. The van der Waals surface area contributed by atoms with E-state index in [0.29, 0.717) is 17.7 Å². The lowest BCUT2D eigenvalue weighted by Crippen LogP contribution is -2.05. The Hall–Kier alpha value is -3.15. The van der Waals surface area contributed by atoms with Crippen LogP contribution < -0.4 is 15.4 Å². The Morgan fingerprint density at radius 1 is 0.792 bits per heavy atom. The topological polar surface area (TPSA) is 72.0 Å². The van der Waals surface area contributed by atoms with Crippen molar-refractivity contribution < 1.29 is 4.74 Å². The molecular weight excluding hydrogens is 302 g/mol. The van der Waals surface area contributed by atoms with Gasteiger partial charge in [-0.1, -0.05) is 18.2 Å². The van der Waals surface area contributed by atoms with Gasteiger partial charge in [-0.25, -0.2) is 0 Å². The fraction of sp³-hybridized carbons (Fsp3) is 0.167. The van der Waals surface area contributed by atoms with E-state index in [2.05, 4.69) is 25.6 Å². The van der Waals surface area contributed by atoms with Crippen LogP contribution in [0.2, 0.25) is 0 Å². The van der Waals surface area contributed by atoms with Crippen molar-refractivity contribution in [3.8, 4) is 5.75 Å². The van der Waals surface area contributed by atoms with Crippen LogP contribution in [0.5, 0.6) is 5.75 Å². The van der Waals surface area contributed by atoms with E-state index in [-0.39, 0.29) is 0 Å². The average molecular weight is 321 g/mol. The average Bonchev–Trinajstić information content (AvgIpc) is 2.54. The lowest BCUT2D eigenvalue weighted by atomic mass is 10.2. The Kier molecular flexibility index (Phi) is 4.56. The molecule has 0 bridgehead atoms. The molecule has 6 nitrogen and oxygen atoms in total. The van der Waals surface area contributed by atoms with Crippen LogP contribution in [0.4, 0.5) is 23.3 Å². The molecule has 0 atom stereocenters. The highest BCUT2D eigenvalue weighted by atomic mass is 16.5. The Morgan fingerprint density at radius 3 is 2.04 bits per heavy atom. The second-order valence-corrected chi connectivity index (χ2v) is 5.38. The van der Waals surface area contributed by atoms with Gasteiger partial charge in [0.05, 0.1) is 7.11 Å². The van der Waals surface area contributed by atoms with Crippen molar-refractivity contribution in [1.29, 1.82) is 0 Å². The molecule has 0 unspecified atom stereocenters. The van der Waals surface area contributed by atoms with Gasteiger partial charge in [0.1, 0.15) is 11.6 Å². The summed E-state index contributed by atoms with van der Waals surface area (Å²) >= 11 is 0. The molecule has 0 saturated heterocycles. The molecule has 2 N–H and O–H groups in total. The number of nitrogens with zero attached hydrogens (tertiary/aromatic N) is 3. The zero-order chi connectivity index (χ0) is 16.9. The standard InChI is InChI=1S/C18H19N5O/c1-12-6-4-7-14(10-12)21-17-19-13(2)20-18(23-17)22-15-8-5-9-16(11-15)24-3/h4-11H,1-3H3,(H2,19,20,21,22,23). The maximum Gasteiger partial charge on any atom is 0.232 e. The maximum atomic E-state index is 5.22. The van der Waals surface area contributed by atoms with Crippen LogP contribution in [0.25, 0.3) is 0 Å². The number of hydrogen-bond acceptors (Lipinski definition) is 6. The summed E-state index contributed by atoms with van der Waals surface area (Å²) in [5.74, 6) is 2.37. The highest BCUT2D eigenvalue weighted by Gasteiger charge is 2.06. The third-order valence-electron chi connectivity index (χ3n) is 3.35. The lowest BCUT2D eigenvalue weighted by Gasteiger charge is -2.10. The third-order valence-corrected chi connectivity index (χ3v) is 3.35. The first-order valence-corrected chi connectivity index (χ1v) is 7.60. The van der Waals surface area contributed by atoms with Gasteiger partial charge in [0.25, 0.3) is 0 Å². The number of aromatic nitrogens is 3. The molecule has 1 aromatic heterocycles. The molecule has 3 aromatic rings. The van der Waals surface area contributed by atoms with Gasteiger partial charge in [-0.15, -0.1) is 0 Å². The number of anilines is 4. The summed E-state index contributed by atoms with van der Waals surface area (Å²) in [5, 5.41) is 6.38. The van der Waals surface area contributed by atoms with Gasteiger partial charge in [-0.2, -0.15) is 15.0 Å². The minimum Gasteiger partial charge on any atom is -0.497 e. The minimum atomic E-state index is 0.478. The number of nitrogens with one attached hydrogen (secondary N) is 2. The Morgan fingerprint density at radius 2 is 1.42 bits per heavy atom. The minimum absolute atomic E-state index is 0.478. The molecule has 0 aliphatic heterocycles. The van der Waals surface area contributed by atoms with Crippen LogP contribution in [0, 0.1) is 13.8 Å². The van der Waals surface area contributed by atoms with Crippen molar-refractivity contribution in [2.75, 3.05) is 17.7 Å². The van der Waals surface area contributed by atoms with Gasteiger partial charge in [0.15, 0.2) is 0 Å². The molecule has 0 radical (unpaired) electrons. The molecule has 3 rings (SSSR count). The monoisotopic (exact) mass is 321 g/mol. The van der Waals surface area contributed by atoms with E-state index < -0.39 is 0 Å². The van der Waals surface area contributed by atoms with Crippen LogP contribution >= 0.6 is 0 Å². The van der Waals surface area contributed by atoms with Crippen molar-refractivity contribution >= 4 is 23.3 Å². The molecule has 0 saturated carbocycles. The number of hydrogen-bond donors (Lipinski definition) is 2. The number of aryl methyl sites for hydroxylation is 2. The molecule has 2 aromatic carbocycles. The van der Waals surface area contributed by atoms with E-state index >= 15 is 0 Å². The highest BCUT2D eigenvalue weighted by molar-refractivity contribution is 5.59. The van der Waals surface area contributed by atoms with Gasteiger partial charge in [-0.05, 0) is 43.7 Å². The van der Waals surface area contributed by atoms with Crippen LogP contribution in [-0.2, 0) is 0 Å². The first-order chi connectivity index (χ1) is 11.6. The number of ether oxygens (including phenoxy) is 1. The van der Waals surface area contributed by atoms with Crippen molar-refractivity contribution in [2.24, 2.45) is 0 Å². The maximum absolute atomic E-state index is 5.22.